The molecule has 0 saturated carbocycles. The molecule has 6 nitrogen and oxygen atoms in total. The van der Waals surface area contributed by atoms with Gasteiger partial charge in [-0.25, -0.2) is 4.98 Å². The van der Waals surface area contributed by atoms with Crippen LogP contribution in [0.2, 0.25) is 5.02 Å². The molecule has 0 aliphatic carbocycles. The van der Waals surface area contributed by atoms with Gasteiger partial charge in [-0.1, -0.05) is 41.9 Å². The minimum Gasteiger partial charge on any atom is -0.481 e. The van der Waals surface area contributed by atoms with E-state index < -0.39 is 23.8 Å². The maximum atomic E-state index is 12.6. The number of hydrogen-bond acceptors (Lipinski definition) is 4. The molecule has 0 aliphatic rings. The van der Waals surface area contributed by atoms with Crippen molar-refractivity contribution in [2.45, 2.75) is 32.9 Å². The fourth-order valence-corrected chi connectivity index (χ4v) is 2.59. The molecule has 0 saturated heterocycles. The van der Waals surface area contributed by atoms with Crippen LogP contribution in [0.3, 0.4) is 0 Å². The molecule has 26 heavy (non-hydrogen) atoms. The summed E-state index contributed by atoms with van der Waals surface area (Å²) in [6, 6.07) is 9.72. The molecule has 1 heterocycles. The molecule has 138 valence electrons. The summed E-state index contributed by atoms with van der Waals surface area (Å²) >= 11 is 6.12. The Hall–Kier alpha value is -2.60. The van der Waals surface area contributed by atoms with Gasteiger partial charge in [0.05, 0.1) is 23.6 Å². The Kier molecular flexibility index (Phi) is 6.58. The van der Waals surface area contributed by atoms with Gasteiger partial charge >= 0.3 is 5.97 Å². The largest absolute Gasteiger partial charge is 0.481 e. The highest BCUT2D eigenvalue weighted by Gasteiger charge is 2.27. The molecule has 0 bridgehead atoms. The van der Waals surface area contributed by atoms with Gasteiger partial charge in [0.25, 0.3) is 5.91 Å². The number of halogens is 1. The lowest BCUT2D eigenvalue weighted by Gasteiger charge is -2.23. The second-order valence-corrected chi connectivity index (χ2v) is 6.57. The first-order valence-corrected chi connectivity index (χ1v) is 8.58. The third-order valence-electron chi connectivity index (χ3n) is 3.75. The quantitative estimate of drug-likeness (QED) is 0.768. The van der Waals surface area contributed by atoms with E-state index in [2.05, 4.69) is 10.3 Å². The van der Waals surface area contributed by atoms with Crippen molar-refractivity contribution < 1.29 is 19.4 Å². The number of ether oxygens (including phenoxy) is 1. The summed E-state index contributed by atoms with van der Waals surface area (Å²) in [4.78, 5) is 28.1. The lowest BCUT2D eigenvalue weighted by Crippen LogP contribution is -2.35. The smallest absolute Gasteiger partial charge is 0.308 e. The van der Waals surface area contributed by atoms with Gasteiger partial charge in [-0.2, -0.15) is 0 Å². The summed E-state index contributed by atoms with van der Waals surface area (Å²) in [7, 11) is 0. The number of hydrogen-bond donors (Lipinski definition) is 2. The molecule has 1 aromatic carbocycles. The number of nitrogens with zero attached hydrogens (tertiary/aromatic N) is 1. The monoisotopic (exact) mass is 376 g/mol. The molecule has 1 aromatic heterocycles. The maximum absolute atomic E-state index is 12.6. The Bertz CT molecular complexity index is 780. The van der Waals surface area contributed by atoms with Crippen LogP contribution in [0.1, 0.15) is 42.7 Å². The van der Waals surface area contributed by atoms with Crippen molar-refractivity contribution >= 4 is 23.5 Å². The molecular formula is C19H21ClN2O4. The second kappa shape index (κ2) is 8.67. The van der Waals surface area contributed by atoms with Crippen LogP contribution in [0.4, 0.5) is 0 Å². The highest BCUT2D eigenvalue weighted by atomic mass is 35.5. The van der Waals surface area contributed by atoms with Crippen LogP contribution in [0.15, 0.2) is 42.6 Å². The Morgan fingerprint density at radius 3 is 2.38 bits per heavy atom. The number of carbonyl (C=O) groups is 2. The van der Waals surface area contributed by atoms with Gasteiger partial charge in [-0.05, 0) is 32.4 Å². The summed E-state index contributed by atoms with van der Waals surface area (Å²) in [5, 5.41) is 12.3. The third-order valence-corrected chi connectivity index (χ3v) is 4.02. The molecule has 2 rings (SSSR count). The van der Waals surface area contributed by atoms with Crippen molar-refractivity contribution in [3.63, 3.8) is 0 Å². The molecule has 0 spiro atoms. The number of aromatic nitrogens is 1. The summed E-state index contributed by atoms with van der Waals surface area (Å²) in [5.41, 5.74) is 0.930. The molecule has 2 atom stereocenters. The van der Waals surface area contributed by atoms with Gasteiger partial charge in [0, 0.05) is 6.20 Å². The Balaban J connectivity index is 2.24. The SMILES string of the molecule is CC(C)Oc1ncc(C(=O)NC(c2ccccc2)C(C)C(=O)O)cc1Cl. The standard InChI is InChI=1S/C19H21ClN2O4/c1-11(2)26-18-15(20)9-14(10-21-18)17(23)22-16(12(3)19(24)25)13-7-5-4-6-8-13/h4-12,16H,1-3H3,(H,22,23)(H,24,25). The van der Waals surface area contributed by atoms with Crippen LogP contribution in [0.25, 0.3) is 0 Å². The molecule has 1 amide bonds. The van der Waals surface area contributed by atoms with E-state index in [1.54, 1.807) is 31.2 Å². The van der Waals surface area contributed by atoms with Crippen LogP contribution in [0.5, 0.6) is 5.88 Å². The third kappa shape index (κ3) is 4.95. The summed E-state index contributed by atoms with van der Waals surface area (Å²) < 4.78 is 5.45. The lowest BCUT2D eigenvalue weighted by atomic mass is 9.94. The Morgan fingerprint density at radius 2 is 1.85 bits per heavy atom. The average Bonchev–Trinajstić information content (AvgIpc) is 2.60. The summed E-state index contributed by atoms with van der Waals surface area (Å²) in [6.45, 7) is 5.23. The van der Waals surface area contributed by atoms with Crippen molar-refractivity contribution in [3.8, 4) is 5.88 Å². The number of amides is 1. The molecule has 2 N–H and O–H groups in total. The average molecular weight is 377 g/mol. The van der Waals surface area contributed by atoms with Crippen molar-refractivity contribution in [1.82, 2.24) is 10.3 Å². The Morgan fingerprint density at radius 1 is 1.19 bits per heavy atom. The summed E-state index contributed by atoms with van der Waals surface area (Å²) in [6.07, 6.45) is 1.26. The van der Waals surface area contributed by atoms with E-state index in [9.17, 15) is 14.7 Å². The maximum Gasteiger partial charge on any atom is 0.308 e. The van der Waals surface area contributed by atoms with E-state index in [0.29, 0.717) is 5.56 Å². The van der Waals surface area contributed by atoms with Crippen molar-refractivity contribution in [1.29, 1.82) is 0 Å². The second-order valence-electron chi connectivity index (χ2n) is 6.17. The fourth-order valence-electron chi connectivity index (χ4n) is 2.38. The fraction of sp³-hybridized carbons (Fsp3) is 0.316. The molecule has 2 unspecified atom stereocenters. The van der Waals surface area contributed by atoms with E-state index in [-0.39, 0.29) is 22.6 Å². The Labute approximate surface area is 157 Å². The van der Waals surface area contributed by atoms with Gasteiger partial charge in [-0.15, -0.1) is 0 Å². The van der Waals surface area contributed by atoms with E-state index in [1.807, 2.05) is 19.9 Å². The topological polar surface area (TPSA) is 88.5 Å². The van der Waals surface area contributed by atoms with Crippen molar-refractivity contribution in [3.05, 3.63) is 58.7 Å². The lowest BCUT2D eigenvalue weighted by molar-refractivity contribution is -0.142. The van der Waals surface area contributed by atoms with E-state index in [4.69, 9.17) is 16.3 Å². The molecule has 0 radical (unpaired) electrons. The summed E-state index contributed by atoms with van der Waals surface area (Å²) in [5.74, 6) is -2.03. The number of benzene rings is 1. The van der Waals surface area contributed by atoms with E-state index in [1.165, 1.54) is 12.3 Å². The first-order chi connectivity index (χ1) is 12.3. The minimum absolute atomic E-state index is 0.0986. The molecule has 7 heteroatoms. The number of rotatable bonds is 7. The zero-order chi connectivity index (χ0) is 19.3. The first-order valence-electron chi connectivity index (χ1n) is 8.20. The van der Waals surface area contributed by atoms with Crippen LogP contribution in [-0.2, 0) is 4.79 Å². The van der Waals surface area contributed by atoms with Crippen molar-refractivity contribution in [2.75, 3.05) is 0 Å². The highest BCUT2D eigenvalue weighted by molar-refractivity contribution is 6.32. The number of pyridine rings is 1. The van der Waals surface area contributed by atoms with E-state index in [0.717, 1.165) is 0 Å². The number of aliphatic carboxylic acids is 1. The minimum atomic E-state index is -1.00. The molecule has 0 fully saturated rings. The number of carboxylic acid groups (broad SMARTS) is 1. The van der Waals surface area contributed by atoms with Crippen LogP contribution in [0, 0.1) is 5.92 Å². The van der Waals surface area contributed by atoms with Gasteiger partial charge < -0.3 is 15.2 Å². The predicted molar refractivity (Wildman–Crippen MR) is 98.5 cm³/mol. The molecular weight excluding hydrogens is 356 g/mol. The highest BCUT2D eigenvalue weighted by Crippen LogP contribution is 2.25. The zero-order valence-electron chi connectivity index (χ0n) is 14.8. The van der Waals surface area contributed by atoms with Gasteiger partial charge in [-0.3, -0.25) is 9.59 Å². The van der Waals surface area contributed by atoms with Gasteiger partial charge in [0.15, 0.2) is 0 Å². The zero-order valence-corrected chi connectivity index (χ0v) is 15.5. The van der Waals surface area contributed by atoms with Gasteiger partial charge in [0.2, 0.25) is 5.88 Å². The van der Waals surface area contributed by atoms with Crippen molar-refractivity contribution in [2.24, 2.45) is 5.92 Å². The number of carboxylic acids is 1. The van der Waals surface area contributed by atoms with Gasteiger partial charge in [0.1, 0.15) is 5.02 Å². The van der Waals surface area contributed by atoms with Crippen LogP contribution < -0.4 is 10.1 Å². The first kappa shape index (κ1) is 19.7. The molecule has 2 aromatic rings. The molecule has 0 aliphatic heterocycles. The van der Waals surface area contributed by atoms with Crippen LogP contribution >= 0.6 is 11.6 Å². The number of carbonyl (C=O) groups excluding carboxylic acids is 1. The number of nitrogens with one attached hydrogen (secondary N) is 1. The van der Waals surface area contributed by atoms with E-state index >= 15 is 0 Å². The van der Waals surface area contributed by atoms with Crippen LogP contribution in [-0.4, -0.2) is 28.1 Å². The predicted octanol–water partition coefficient (Wildman–Crippen LogP) is 3.71. The normalized spacial score (nSPS) is 13.1.